The number of hydrogen-bond acceptors (Lipinski definition) is 6. The maximum absolute atomic E-state index is 12.7. The Balaban J connectivity index is 1.68. The molecule has 6 nitrogen and oxygen atoms in total. The Morgan fingerprint density at radius 2 is 2.03 bits per heavy atom. The molecule has 1 amide bonds. The van der Waals surface area contributed by atoms with Crippen LogP contribution in [0.15, 0.2) is 81.0 Å². The van der Waals surface area contributed by atoms with Crippen molar-refractivity contribution in [3.05, 3.63) is 91.3 Å². The number of amides is 1. The number of carbonyl (C=O) groups is 1. The minimum Gasteiger partial charge on any atom is -0.493 e. The van der Waals surface area contributed by atoms with Crippen LogP contribution in [0.2, 0.25) is 0 Å². The molecular weight excluding hydrogens is 508 g/mol. The lowest BCUT2D eigenvalue weighted by molar-refractivity contribution is -0.112. The molecule has 32 heavy (non-hydrogen) atoms. The van der Waals surface area contributed by atoms with E-state index in [-0.39, 0.29) is 11.8 Å². The van der Waals surface area contributed by atoms with Gasteiger partial charge in [-0.05, 0) is 18.2 Å². The van der Waals surface area contributed by atoms with Crippen molar-refractivity contribution in [2.75, 3.05) is 0 Å². The quantitative estimate of drug-likeness (QED) is 0.403. The summed E-state index contributed by atoms with van der Waals surface area (Å²) >= 11 is 6.09. The Hall–Kier alpha value is -3.14. The molecule has 0 fully saturated rings. The van der Waals surface area contributed by atoms with Gasteiger partial charge in [0.15, 0.2) is 4.80 Å². The Morgan fingerprint density at radius 3 is 2.81 bits per heavy atom. The zero-order chi connectivity index (χ0) is 22.2. The highest BCUT2D eigenvalue weighted by molar-refractivity contribution is 9.10. The fraction of sp³-hybridized carbons (Fsp3) is 0.0435. The molecule has 158 valence electrons. The molecule has 2 aromatic heterocycles. The maximum Gasteiger partial charge on any atom is 0.279 e. The van der Waals surface area contributed by atoms with Crippen molar-refractivity contribution in [1.82, 2.24) is 9.55 Å². The summed E-state index contributed by atoms with van der Waals surface area (Å²) in [6.45, 7) is 4.11. The van der Waals surface area contributed by atoms with Crippen LogP contribution in [0.25, 0.3) is 16.8 Å². The van der Waals surface area contributed by atoms with Gasteiger partial charge in [0.05, 0.1) is 16.6 Å². The smallest absolute Gasteiger partial charge is 0.279 e. The summed E-state index contributed by atoms with van der Waals surface area (Å²) in [5.74, 6) is -0.424. The highest BCUT2D eigenvalue weighted by Crippen LogP contribution is 2.30. The summed E-state index contributed by atoms with van der Waals surface area (Å²) < 4.78 is 2.45. The SMILES string of the molecule is C=CCn1c(O)c(C2=c3cc(Br)ccc3=NC2=O)s/c1=N/c1nc(-c2ccccc2)cs1. The van der Waals surface area contributed by atoms with Crippen LogP contribution in [0.4, 0.5) is 5.13 Å². The highest BCUT2D eigenvalue weighted by atomic mass is 79.9. The predicted molar refractivity (Wildman–Crippen MR) is 129 cm³/mol. The Kier molecular flexibility index (Phi) is 5.46. The second-order valence-electron chi connectivity index (χ2n) is 6.88. The summed E-state index contributed by atoms with van der Waals surface area (Å²) in [7, 11) is 0. The maximum atomic E-state index is 12.7. The van der Waals surface area contributed by atoms with Gasteiger partial charge in [-0.15, -0.1) is 17.9 Å². The molecule has 1 aliphatic heterocycles. The molecular formula is C23H15BrN4O2S2. The lowest BCUT2D eigenvalue weighted by atomic mass is 10.1. The van der Waals surface area contributed by atoms with Gasteiger partial charge in [-0.3, -0.25) is 9.36 Å². The molecule has 0 unspecified atom stereocenters. The number of halogens is 1. The lowest BCUT2D eigenvalue weighted by Crippen LogP contribution is -2.22. The topological polar surface area (TPSA) is 79.8 Å². The third-order valence-corrected chi connectivity index (χ3v) is 7.15. The van der Waals surface area contributed by atoms with Crippen molar-refractivity contribution < 1.29 is 9.90 Å². The summed E-state index contributed by atoms with van der Waals surface area (Å²) in [5.41, 5.74) is 2.21. The van der Waals surface area contributed by atoms with E-state index in [2.05, 4.69) is 37.5 Å². The Bertz CT molecular complexity index is 1570. The Labute approximate surface area is 199 Å². The van der Waals surface area contributed by atoms with Gasteiger partial charge in [0.1, 0.15) is 4.88 Å². The molecule has 0 saturated heterocycles. The van der Waals surface area contributed by atoms with Crippen LogP contribution in [0.3, 0.4) is 0 Å². The monoisotopic (exact) mass is 522 g/mol. The molecule has 0 aliphatic carbocycles. The molecule has 0 atom stereocenters. The average molecular weight is 523 g/mol. The molecule has 1 N–H and O–H groups in total. The van der Waals surface area contributed by atoms with Crippen molar-refractivity contribution in [3.63, 3.8) is 0 Å². The Morgan fingerprint density at radius 1 is 1.22 bits per heavy atom. The first kappa shape index (κ1) is 20.7. The zero-order valence-corrected chi connectivity index (χ0v) is 19.7. The minimum absolute atomic E-state index is 0.0418. The molecule has 0 saturated carbocycles. The largest absolute Gasteiger partial charge is 0.493 e. The minimum atomic E-state index is -0.382. The lowest BCUT2D eigenvalue weighted by Gasteiger charge is -2.02. The van der Waals surface area contributed by atoms with Crippen molar-refractivity contribution in [2.24, 2.45) is 9.98 Å². The van der Waals surface area contributed by atoms with Crippen LogP contribution in [0.1, 0.15) is 4.88 Å². The number of hydrogen-bond donors (Lipinski definition) is 1. The van der Waals surface area contributed by atoms with Crippen molar-refractivity contribution in [1.29, 1.82) is 0 Å². The second-order valence-corrected chi connectivity index (χ2v) is 9.61. The standard InChI is InChI=1S/C23H15BrN4O2S2/c1-2-10-28-21(30)19(18-15-11-14(24)8-9-16(15)25-20(18)29)32-23(28)27-22-26-17(12-31-22)13-6-4-3-5-7-13/h2-9,11-12,30H,1,10H2/b27-23+. The fourth-order valence-corrected chi connectivity index (χ4v) is 5.59. The molecule has 2 aromatic carbocycles. The number of nitrogens with zero attached hydrogens (tertiary/aromatic N) is 4. The van der Waals surface area contributed by atoms with Crippen LogP contribution in [0, 0.1) is 0 Å². The predicted octanol–water partition coefficient (Wildman–Crippen LogP) is 3.92. The summed E-state index contributed by atoms with van der Waals surface area (Å²) in [4.78, 5) is 27.1. The number of aromatic nitrogens is 2. The van der Waals surface area contributed by atoms with E-state index >= 15 is 0 Å². The fourth-order valence-electron chi connectivity index (χ4n) is 3.39. The number of benzene rings is 2. The number of fused-ring (bicyclic) bond motifs is 1. The van der Waals surface area contributed by atoms with E-state index in [9.17, 15) is 9.90 Å². The van der Waals surface area contributed by atoms with Gasteiger partial charge in [0.2, 0.25) is 11.0 Å². The molecule has 9 heteroatoms. The number of carbonyl (C=O) groups excluding carboxylic acids is 1. The van der Waals surface area contributed by atoms with E-state index in [0.717, 1.165) is 15.7 Å². The van der Waals surface area contributed by atoms with Crippen molar-refractivity contribution in [3.8, 4) is 17.1 Å². The van der Waals surface area contributed by atoms with Gasteiger partial charge in [-0.25, -0.2) is 9.98 Å². The van der Waals surface area contributed by atoms with E-state index < -0.39 is 0 Å². The first-order chi connectivity index (χ1) is 15.5. The molecule has 0 bridgehead atoms. The highest BCUT2D eigenvalue weighted by Gasteiger charge is 2.25. The van der Waals surface area contributed by atoms with Crippen LogP contribution in [-0.4, -0.2) is 20.6 Å². The van der Waals surface area contributed by atoms with E-state index in [1.807, 2.05) is 47.8 Å². The third kappa shape index (κ3) is 3.68. The summed E-state index contributed by atoms with van der Waals surface area (Å²) in [6, 6.07) is 15.3. The van der Waals surface area contributed by atoms with Gasteiger partial charge >= 0.3 is 0 Å². The van der Waals surface area contributed by atoms with Gasteiger partial charge < -0.3 is 5.11 Å². The number of thiazole rings is 2. The van der Waals surface area contributed by atoms with E-state index in [4.69, 9.17) is 0 Å². The number of allylic oxidation sites excluding steroid dienone is 1. The van der Waals surface area contributed by atoms with Gasteiger partial charge in [-0.1, -0.05) is 63.7 Å². The van der Waals surface area contributed by atoms with Gasteiger partial charge in [0, 0.05) is 27.2 Å². The van der Waals surface area contributed by atoms with Crippen LogP contribution in [-0.2, 0) is 11.3 Å². The molecule has 3 heterocycles. The van der Waals surface area contributed by atoms with Gasteiger partial charge in [-0.2, -0.15) is 4.99 Å². The van der Waals surface area contributed by atoms with Gasteiger partial charge in [0.25, 0.3) is 5.91 Å². The normalized spacial score (nSPS) is 13.3. The molecule has 4 aromatic rings. The second kappa shape index (κ2) is 8.42. The van der Waals surface area contributed by atoms with Crippen molar-refractivity contribution >= 4 is 55.2 Å². The van der Waals surface area contributed by atoms with E-state index in [1.54, 1.807) is 16.7 Å². The summed E-state index contributed by atoms with van der Waals surface area (Å²) in [6.07, 6.45) is 1.67. The number of rotatable bonds is 5. The first-order valence-electron chi connectivity index (χ1n) is 9.57. The zero-order valence-electron chi connectivity index (χ0n) is 16.5. The average Bonchev–Trinajstić information content (AvgIpc) is 3.46. The molecule has 1 aliphatic rings. The molecule has 0 radical (unpaired) electrons. The van der Waals surface area contributed by atoms with Crippen molar-refractivity contribution in [2.45, 2.75) is 6.54 Å². The van der Waals surface area contributed by atoms with E-state index in [1.165, 1.54) is 22.7 Å². The summed E-state index contributed by atoms with van der Waals surface area (Å²) in [5, 5.41) is 14.8. The van der Waals surface area contributed by atoms with Crippen LogP contribution in [0.5, 0.6) is 5.88 Å². The number of aromatic hydroxyl groups is 1. The van der Waals surface area contributed by atoms with E-state index in [0.29, 0.717) is 37.5 Å². The molecule has 0 spiro atoms. The molecule has 5 rings (SSSR count). The first-order valence-corrected chi connectivity index (χ1v) is 12.1. The third-order valence-electron chi connectivity index (χ3n) is 4.84. The van der Waals surface area contributed by atoms with Crippen LogP contribution < -0.4 is 15.4 Å². The van der Waals surface area contributed by atoms with Crippen LogP contribution >= 0.6 is 38.6 Å².